The molecule has 4 nitrogen and oxygen atoms in total. The normalized spacial score (nSPS) is 13.8. The van der Waals surface area contributed by atoms with Crippen molar-refractivity contribution in [3.63, 3.8) is 0 Å². The van der Waals surface area contributed by atoms with Gasteiger partial charge in [0.25, 0.3) is 0 Å². The number of rotatable bonds is 4. The van der Waals surface area contributed by atoms with Crippen LogP contribution in [0.1, 0.15) is 26.3 Å². The Hall–Kier alpha value is -1.73. The Bertz CT molecular complexity index is 507. The van der Waals surface area contributed by atoms with Crippen molar-refractivity contribution in [3.05, 3.63) is 28.8 Å². The molecule has 0 saturated heterocycles. The number of anilines is 1. The van der Waals surface area contributed by atoms with E-state index in [-0.39, 0.29) is 5.92 Å². The quantitative estimate of drug-likeness (QED) is 0.878. The van der Waals surface area contributed by atoms with Gasteiger partial charge in [-0.05, 0) is 31.0 Å². The van der Waals surface area contributed by atoms with E-state index in [2.05, 4.69) is 5.32 Å². The number of carbonyl (C=O) groups excluding carboxylic acids is 1. The topological polar surface area (TPSA) is 78.9 Å². The molecule has 96 valence electrons. The Kier molecular flexibility index (Phi) is 4.20. The van der Waals surface area contributed by atoms with Crippen LogP contribution in [0.3, 0.4) is 0 Å². The first-order valence-electron chi connectivity index (χ1n) is 5.59. The van der Waals surface area contributed by atoms with Crippen LogP contribution in [0.15, 0.2) is 18.2 Å². The van der Waals surface area contributed by atoms with Gasteiger partial charge in [0.15, 0.2) is 0 Å². The number of nitrogens with zero attached hydrogens (tertiary/aromatic N) is 1. The first-order chi connectivity index (χ1) is 8.31. The van der Waals surface area contributed by atoms with E-state index in [1.807, 2.05) is 19.9 Å². The summed E-state index contributed by atoms with van der Waals surface area (Å²) in [7, 11) is 0. The Morgan fingerprint density at radius 2 is 2.17 bits per heavy atom. The van der Waals surface area contributed by atoms with E-state index < -0.39 is 11.4 Å². The first-order valence-corrected chi connectivity index (χ1v) is 5.96. The summed E-state index contributed by atoms with van der Waals surface area (Å²) in [5.41, 5.74) is 5.62. The lowest BCUT2D eigenvalue weighted by molar-refractivity contribution is -0.123. The fraction of sp³-hybridized carbons (Fsp3) is 0.385. The van der Waals surface area contributed by atoms with E-state index in [1.54, 1.807) is 25.1 Å². The van der Waals surface area contributed by atoms with Gasteiger partial charge in [-0.2, -0.15) is 5.26 Å². The molecule has 0 aliphatic rings. The number of carbonyl (C=O) groups is 1. The van der Waals surface area contributed by atoms with E-state index in [0.29, 0.717) is 16.3 Å². The van der Waals surface area contributed by atoms with Crippen LogP contribution in [0.25, 0.3) is 0 Å². The van der Waals surface area contributed by atoms with Gasteiger partial charge in [0.1, 0.15) is 11.6 Å². The van der Waals surface area contributed by atoms with Crippen molar-refractivity contribution >= 4 is 23.2 Å². The monoisotopic (exact) mass is 265 g/mol. The van der Waals surface area contributed by atoms with Crippen LogP contribution in [0.5, 0.6) is 0 Å². The summed E-state index contributed by atoms with van der Waals surface area (Å²) >= 11 is 5.94. The predicted octanol–water partition coefficient (Wildman–Crippen LogP) is 2.52. The zero-order valence-corrected chi connectivity index (χ0v) is 11.4. The zero-order chi connectivity index (χ0) is 13.9. The van der Waals surface area contributed by atoms with Crippen LogP contribution in [0, 0.1) is 17.2 Å². The lowest BCUT2D eigenvalue weighted by Gasteiger charge is -2.32. The number of hydrogen-bond donors (Lipinski definition) is 2. The number of primary amides is 1. The molecular weight excluding hydrogens is 250 g/mol. The number of benzene rings is 1. The molecule has 0 saturated carbocycles. The molecule has 5 heteroatoms. The third kappa shape index (κ3) is 2.74. The lowest BCUT2D eigenvalue weighted by atomic mass is 9.87. The Morgan fingerprint density at radius 1 is 1.56 bits per heavy atom. The number of amides is 1. The molecule has 0 heterocycles. The van der Waals surface area contributed by atoms with Crippen molar-refractivity contribution in [2.75, 3.05) is 5.32 Å². The van der Waals surface area contributed by atoms with Crippen molar-refractivity contribution < 1.29 is 4.79 Å². The molecule has 18 heavy (non-hydrogen) atoms. The van der Waals surface area contributed by atoms with E-state index in [4.69, 9.17) is 22.6 Å². The molecule has 0 spiro atoms. The largest absolute Gasteiger partial charge is 0.371 e. The van der Waals surface area contributed by atoms with Crippen molar-refractivity contribution in [1.29, 1.82) is 5.26 Å². The minimum Gasteiger partial charge on any atom is -0.371 e. The highest BCUT2D eigenvalue weighted by Gasteiger charge is 2.34. The van der Waals surface area contributed by atoms with E-state index in [1.165, 1.54) is 0 Å². The molecular formula is C13H16ClN3O. The maximum absolute atomic E-state index is 11.5. The van der Waals surface area contributed by atoms with Crippen LogP contribution in [-0.4, -0.2) is 11.4 Å². The Balaban J connectivity index is 3.07. The minimum absolute atomic E-state index is 0.0180. The maximum Gasteiger partial charge on any atom is 0.243 e. The molecule has 0 fully saturated rings. The molecule has 0 radical (unpaired) electrons. The highest BCUT2D eigenvalue weighted by molar-refractivity contribution is 6.32. The molecule has 0 aliphatic heterocycles. The fourth-order valence-corrected chi connectivity index (χ4v) is 1.70. The molecule has 1 aromatic carbocycles. The summed E-state index contributed by atoms with van der Waals surface area (Å²) < 4.78 is 0. The molecule has 3 N–H and O–H groups in total. The summed E-state index contributed by atoms with van der Waals surface area (Å²) in [5, 5.41) is 12.2. The molecule has 1 unspecified atom stereocenters. The van der Waals surface area contributed by atoms with Gasteiger partial charge in [-0.15, -0.1) is 0 Å². The second-order valence-electron chi connectivity index (χ2n) is 4.65. The van der Waals surface area contributed by atoms with Gasteiger partial charge >= 0.3 is 0 Å². The molecule has 1 aromatic rings. The summed E-state index contributed by atoms with van der Waals surface area (Å²) in [5.74, 6) is -0.414. The average Bonchev–Trinajstić information content (AvgIpc) is 2.28. The predicted molar refractivity (Wildman–Crippen MR) is 72.2 cm³/mol. The summed E-state index contributed by atoms with van der Waals surface area (Å²) in [6.07, 6.45) is 0. The maximum atomic E-state index is 11.5. The van der Waals surface area contributed by atoms with Crippen LogP contribution in [-0.2, 0) is 4.79 Å². The highest BCUT2D eigenvalue weighted by Crippen LogP contribution is 2.26. The minimum atomic E-state index is -0.864. The van der Waals surface area contributed by atoms with Gasteiger partial charge in [0.05, 0.1) is 10.6 Å². The van der Waals surface area contributed by atoms with E-state index >= 15 is 0 Å². The van der Waals surface area contributed by atoms with Crippen LogP contribution in [0.4, 0.5) is 5.69 Å². The number of halogens is 1. The van der Waals surface area contributed by atoms with Gasteiger partial charge in [-0.3, -0.25) is 4.79 Å². The number of hydrogen-bond acceptors (Lipinski definition) is 3. The number of nitrogens with two attached hydrogens (primary N) is 1. The number of nitriles is 1. The summed E-state index contributed by atoms with van der Waals surface area (Å²) in [6.45, 7) is 5.55. The highest BCUT2D eigenvalue weighted by atomic mass is 35.5. The second kappa shape index (κ2) is 5.28. The Labute approximate surface area is 112 Å². The van der Waals surface area contributed by atoms with Crippen molar-refractivity contribution in [3.8, 4) is 6.07 Å². The summed E-state index contributed by atoms with van der Waals surface area (Å²) in [6, 6.07) is 6.90. The van der Waals surface area contributed by atoms with Crippen LogP contribution in [0.2, 0.25) is 5.02 Å². The average molecular weight is 266 g/mol. The zero-order valence-electron chi connectivity index (χ0n) is 10.6. The van der Waals surface area contributed by atoms with Crippen molar-refractivity contribution in [1.82, 2.24) is 0 Å². The molecule has 0 aromatic heterocycles. The van der Waals surface area contributed by atoms with Crippen molar-refractivity contribution in [2.24, 2.45) is 11.7 Å². The van der Waals surface area contributed by atoms with E-state index in [9.17, 15) is 4.79 Å². The van der Waals surface area contributed by atoms with Crippen molar-refractivity contribution in [2.45, 2.75) is 26.3 Å². The fourth-order valence-electron chi connectivity index (χ4n) is 1.47. The van der Waals surface area contributed by atoms with Gasteiger partial charge in [0.2, 0.25) is 5.91 Å². The smallest absolute Gasteiger partial charge is 0.243 e. The molecule has 1 atom stereocenters. The third-order valence-electron chi connectivity index (χ3n) is 3.16. The van der Waals surface area contributed by atoms with Crippen LogP contribution < -0.4 is 11.1 Å². The van der Waals surface area contributed by atoms with Gasteiger partial charge < -0.3 is 11.1 Å². The Morgan fingerprint density at radius 3 is 2.56 bits per heavy atom. The van der Waals surface area contributed by atoms with Crippen LogP contribution >= 0.6 is 11.6 Å². The first kappa shape index (κ1) is 14.3. The third-order valence-corrected chi connectivity index (χ3v) is 3.47. The second-order valence-corrected chi connectivity index (χ2v) is 5.06. The number of nitrogens with one attached hydrogen (secondary N) is 1. The van der Waals surface area contributed by atoms with Gasteiger partial charge in [-0.25, -0.2) is 0 Å². The molecule has 0 aliphatic carbocycles. The standard InChI is InChI=1S/C13H16ClN3O/c1-8(2)13(3,12(16)18)17-10-5-4-9(7-15)11(14)6-10/h4-6,8,17H,1-3H3,(H2,16,18). The van der Waals surface area contributed by atoms with Gasteiger partial charge in [0, 0.05) is 5.69 Å². The SMILES string of the molecule is CC(C)C(C)(Nc1ccc(C#N)c(Cl)c1)C(N)=O. The van der Waals surface area contributed by atoms with E-state index in [0.717, 1.165) is 0 Å². The van der Waals surface area contributed by atoms with Gasteiger partial charge in [-0.1, -0.05) is 25.4 Å². The summed E-state index contributed by atoms with van der Waals surface area (Å²) in [4.78, 5) is 11.5. The molecule has 1 rings (SSSR count). The molecule has 1 amide bonds. The lowest BCUT2D eigenvalue weighted by Crippen LogP contribution is -2.51. The molecule has 0 bridgehead atoms.